The van der Waals surface area contributed by atoms with Gasteiger partial charge < -0.3 is 5.32 Å². The molecular weight excluding hydrogens is 282 g/mol. The number of nitrogens with one attached hydrogen (secondary N) is 1. The summed E-state index contributed by atoms with van der Waals surface area (Å²) in [6.07, 6.45) is 4.69. The minimum atomic E-state index is 1.06. The van der Waals surface area contributed by atoms with Gasteiger partial charge in [0.2, 0.25) is 0 Å². The number of unbranched alkanes of at least 4 members (excludes halogenated alkanes) is 1. The molecule has 0 saturated carbocycles. The maximum Gasteiger partial charge on any atom is 0.0514 e. The Kier molecular flexibility index (Phi) is 6.29. The summed E-state index contributed by atoms with van der Waals surface area (Å²) in [4.78, 5) is 0. The van der Waals surface area contributed by atoms with Crippen molar-refractivity contribution >= 4 is 33.4 Å². The van der Waals surface area contributed by atoms with E-state index in [1.54, 1.807) is 0 Å². The van der Waals surface area contributed by atoms with Gasteiger partial charge in [0.15, 0.2) is 0 Å². The van der Waals surface area contributed by atoms with Crippen LogP contribution in [0.5, 0.6) is 0 Å². The average Bonchev–Trinajstić information content (AvgIpc) is 2.20. The van der Waals surface area contributed by atoms with E-state index in [0.29, 0.717) is 0 Å². The summed E-state index contributed by atoms with van der Waals surface area (Å²) in [6, 6.07) is 4.38. The van der Waals surface area contributed by atoms with Crippen molar-refractivity contribution in [2.24, 2.45) is 0 Å². The number of rotatable bonds is 6. The average molecular weight is 302 g/mol. The second-order valence-corrected chi connectivity index (χ2v) is 5.91. The number of hydrogen-bond acceptors (Lipinski definition) is 2. The number of hydrogen-bond donors (Lipinski definition) is 1. The van der Waals surface area contributed by atoms with E-state index in [0.717, 1.165) is 6.54 Å². The topological polar surface area (TPSA) is 12.0 Å². The smallest absolute Gasteiger partial charge is 0.0514 e. The maximum atomic E-state index is 3.61. The summed E-state index contributed by atoms with van der Waals surface area (Å²) in [5.74, 6) is 1.26. The highest BCUT2D eigenvalue weighted by Gasteiger charge is 2.03. The molecule has 0 saturated heterocycles. The van der Waals surface area contributed by atoms with Gasteiger partial charge in [-0.1, -0.05) is 6.07 Å². The lowest BCUT2D eigenvalue weighted by Crippen LogP contribution is -2.04. The molecule has 0 fully saturated rings. The summed E-state index contributed by atoms with van der Waals surface area (Å²) in [5.41, 5.74) is 3.86. The number of thioether (sulfide) groups is 1. The summed E-state index contributed by atoms with van der Waals surface area (Å²) < 4.78 is 1.18. The van der Waals surface area contributed by atoms with Crippen LogP contribution in [0.1, 0.15) is 24.0 Å². The fraction of sp³-hybridized carbons (Fsp3) is 0.538. The lowest BCUT2D eigenvalue weighted by atomic mass is 10.1. The molecule has 1 nitrogen and oxygen atoms in total. The van der Waals surface area contributed by atoms with Gasteiger partial charge in [-0.2, -0.15) is 11.8 Å². The van der Waals surface area contributed by atoms with Crippen molar-refractivity contribution in [2.45, 2.75) is 26.7 Å². The molecule has 0 aromatic heterocycles. The highest BCUT2D eigenvalue weighted by atomic mass is 79.9. The van der Waals surface area contributed by atoms with Crippen LogP contribution in [0.25, 0.3) is 0 Å². The Morgan fingerprint density at radius 3 is 2.62 bits per heavy atom. The standard InChI is InChI=1S/C13H20BrNS/c1-10-8-11(2)13(12(14)9-10)15-6-4-5-7-16-3/h8-9,15H,4-7H2,1-3H3. The van der Waals surface area contributed by atoms with E-state index in [1.165, 1.54) is 39.9 Å². The third-order valence-corrected chi connectivity index (χ3v) is 3.83. The summed E-state index contributed by atoms with van der Waals surface area (Å²) in [5, 5.41) is 3.51. The summed E-state index contributed by atoms with van der Waals surface area (Å²) in [7, 11) is 0. The van der Waals surface area contributed by atoms with Gasteiger partial charge in [0.25, 0.3) is 0 Å². The van der Waals surface area contributed by atoms with Crippen LogP contribution in [0.15, 0.2) is 16.6 Å². The van der Waals surface area contributed by atoms with E-state index in [2.05, 4.69) is 53.5 Å². The molecule has 1 N–H and O–H groups in total. The maximum absolute atomic E-state index is 3.61. The van der Waals surface area contributed by atoms with Gasteiger partial charge in [-0.25, -0.2) is 0 Å². The monoisotopic (exact) mass is 301 g/mol. The first kappa shape index (κ1) is 13.9. The third kappa shape index (κ3) is 4.38. The van der Waals surface area contributed by atoms with Crippen LogP contribution >= 0.6 is 27.7 Å². The molecule has 1 aromatic rings. The predicted molar refractivity (Wildman–Crippen MR) is 79.7 cm³/mol. The van der Waals surface area contributed by atoms with Crippen LogP contribution in [0.4, 0.5) is 5.69 Å². The van der Waals surface area contributed by atoms with Crippen molar-refractivity contribution < 1.29 is 0 Å². The number of aryl methyl sites for hydroxylation is 2. The molecule has 0 radical (unpaired) electrons. The van der Waals surface area contributed by atoms with Gasteiger partial charge >= 0.3 is 0 Å². The molecule has 1 aromatic carbocycles. The van der Waals surface area contributed by atoms with E-state index in [4.69, 9.17) is 0 Å². The molecular formula is C13H20BrNS. The van der Waals surface area contributed by atoms with E-state index in [1.807, 2.05) is 11.8 Å². The zero-order valence-electron chi connectivity index (χ0n) is 10.3. The normalized spacial score (nSPS) is 10.5. The molecule has 3 heteroatoms. The van der Waals surface area contributed by atoms with Crippen LogP contribution in [-0.2, 0) is 0 Å². The fourth-order valence-electron chi connectivity index (χ4n) is 1.72. The van der Waals surface area contributed by atoms with Crippen molar-refractivity contribution in [1.29, 1.82) is 0 Å². The van der Waals surface area contributed by atoms with Crippen LogP contribution < -0.4 is 5.32 Å². The largest absolute Gasteiger partial charge is 0.384 e. The summed E-state index contributed by atoms with van der Waals surface area (Å²) >= 11 is 5.53. The highest BCUT2D eigenvalue weighted by molar-refractivity contribution is 9.10. The lowest BCUT2D eigenvalue weighted by Gasteiger charge is -2.12. The Balaban J connectivity index is 2.47. The van der Waals surface area contributed by atoms with Gasteiger partial charge in [0, 0.05) is 11.0 Å². The van der Waals surface area contributed by atoms with E-state index in [-0.39, 0.29) is 0 Å². The second-order valence-electron chi connectivity index (χ2n) is 4.07. The Bertz CT molecular complexity index is 316. The van der Waals surface area contributed by atoms with Gasteiger partial charge in [-0.15, -0.1) is 0 Å². The molecule has 0 unspecified atom stereocenters. The third-order valence-electron chi connectivity index (χ3n) is 2.51. The van der Waals surface area contributed by atoms with Crippen molar-refractivity contribution in [1.82, 2.24) is 0 Å². The van der Waals surface area contributed by atoms with Crippen LogP contribution in [0.3, 0.4) is 0 Å². The lowest BCUT2D eigenvalue weighted by molar-refractivity contribution is 0.842. The van der Waals surface area contributed by atoms with Crippen LogP contribution in [-0.4, -0.2) is 18.6 Å². The Morgan fingerprint density at radius 2 is 2.00 bits per heavy atom. The SMILES string of the molecule is CSCCCCNc1c(C)cc(C)cc1Br. The molecule has 0 aliphatic heterocycles. The Morgan fingerprint density at radius 1 is 1.25 bits per heavy atom. The van der Waals surface area contributed by atoms with E-state index < -0.39 is 0 Å². The fourth-order valence-corrected chi connectivity index (χ4v) is 3.03. The van der Waals surface area contributed by atoms with Crippen molar-refractivity contribution in [2.75, 3.05) is 23.9 Å². The molecule has 0 spiro atoms. The Hall–Kier alpha value is -0.150. The number of anilines is 1. The van der Waals surface area contributed by atoms with Gasteiger partial charge in [-0.3, -0.25) is 0 Å². The van der Waals surface area contributed by atoms with Gasteiger partial charge in [-0.05, 0) is 71.8 Å². The number of benzene rings is 1. The number of halogens is 1. The van der Waals surface area contributed by atoms with Crippen molar-refractivity contribution in [3.05, 3.63) is 27.7 Å². The van der Waals surface area contributed by atoms with Gasteiger partial charge in [0.05, 0.1) is 5.69 Å². The zero-order valence-corrected chi connectivity index (χ0v) is 12.7. The molecule has 0 heterocycles. The predicted octanol–water partition coefficient (Wildman–Crippen LogP) is 4.62. The quantitative estimate of drug-likeness (QED) is 0.769. The molecule has 0 bridgehead atoms. The van der Waals surface area contributed by atoms with Gasteiger partial charge in [0.1, 0.15) is 0 Å². The first-order valence-corrected chi connectivity index (χ1v) is 7.83. The highest BCUT2D eigenvalue weighted by Crippen LogP contribution is 2.27. The van der Waals surface area contributed by atoms with Crippen LogP contribution in [0.2, 0.25) is 0 Å². The summed E-state index contributed by atoms with van der Waals surface area (Å²) in [6.45, 7) is 5.34. The molecule has 0 atom stereocenters. The second kappa shape index (κ2) is 7.23. The van der Waals surface area contributed by atoms with Crippen molar-refractivity contribution in [3.8, 4) is 0 Å². The minimum Gasteiger partial charge on any atom is -0.384 e. The first-order valence-electron chi connectivity index (χ1n) is 5.64. The molecule has 0 aliphatic rings. The molecule has 0 amide bonds. The Labute approximate surface area is 112 Å². The minimum absolute atomic E-state index is 1.06. The molecule has 90 valence electrons. The van der Waals surface area contributed by atoms with E-state index >= 15 is 0 Å². The molecule has 0 aliphatic carbocycles. The molecule has 1 rings (SSSR count). The molecule has 16 heavy (non-hydrogen) atoms. The van der Waals surface area contributed by atoms with Crippen LogP contribution in [0, 0.1) is 13.8 Å². The first-order chi connectivity index (χ1) is 7.65. The van der Waals surface area contributed by atoms with E-state index in [9.17, 15) is 0 Å². The van der Waals surface area contributed by atoms with Crippen molar-refractivity contribution in [3.63, 3.8) is 0 Å². The zero-order chi connectivity index (χ0) is 12.0.